The van der Waals surface area contributed by atoms with Crippen LogP contribution in [0.4, 0.5) is 18.9 Å². The Morgan fingerprint density at radius 1 is 1.32 bits per heavy atom. The van der Waals surface area contributed by atoms with Crippen LogP contribution in [0.5, 0.6) is 0 Å². The highest BCUT2D eigenvalue weighted by Gasteiger charge is 2.35. The van der Waals surface area contributed by atoms with Gasteiger partial charge in [-0.3, -0.25) is 4.79 Å². The number of aliphatic hydroxyl groups is 1. The molecule has 1 N–H and O–H groups in total. The van der Waals surface area contributed by atoms with E-state index in [1.807, 2.05) is 0 Å². The van der Waals surface area contributed by atoms with Crippen molar-refractivity contribution in [3.63, 3.8) is 0 Å². The molecule has 1 amide bonds. The highest BCUT2D eigenvalue weighted by Crippen LogP contribution is 2.37. The summed E-state index contributed by atoms with van der Waals surface area (Å²) in [6.45, 7) is 2.51. The Morgan fingerprint density at radius 2 is 1.84 bits per heavy atom. The SMILES string of the molecule is CN(C(=O)C(C)(C)O)c1ccc(Cl)c(C(F)(F)F)c1. The minimum absolute atomic E-state index is 0.00356. The molecule has 0 unspecified atom stereocenters. The second-order valence-corrected chi connectivity index (χ2v) is 4.99. The Bertz CT molecular complexity index is 495. The number of alkyl halides is 3. The number of amides is 1. The number of rotatable bonds is 2. The Hall–Kier alpha value is -1.27. The van der Waals surface area contributed by atoms with Crippen LogP contribution in [-0.4, -0.2) is 23.7 Å². The fourth-order valence-electron chi connectivity index (χ4n) is 1.47. The van der Waals surface area contributed by atoms with Gasteiger partial charge < -0.3 is 10.0 Å². The van der Waals surface area contributed by atoms with Crippen LogP contribution >= 0.6 is 11.6 Å². The van der Waals surface area contributed by atoms with E-state index in [-0.39, 0.29) is 5.69 Å². The third-order valence-corrected chi connectivity index (χ3v) is 2.80. The van der Waals surface area contributed by atoms with Crippen LogP contribution in [0.2, 0.25) is 5.02 Å². The molecular formula is C12H13ClF3NO2. The molecule has 106 valence electrons. The van der Waals surface area contributed by atoms with E-state index < -0.39 is 28.3 Å². The summed E-state index contributed by atoms with van der Waals surface area (Å²) in [4.78, 5) is 12.7. The fraction of sp³-hybridized carbons (Fsp3) is 0.417. The molecule has 3 nitrogen and oxygen atoms in total. The zero-order chi connectivity index (χ0) is 15.0. The van der Waals surface area contributed by atoms with Crippen molar-refractivity contribution in [3.05, 3.63) is 28.8 Å². The third kappa shape index (κ3) is 3.61. The molecular weight excluding hydrogens is 283 g/mol. The Kier molecular flexibility index (Phi) is 4.17. The summed E-state index contributed by atoms with van der Waals surface area (Å²) >= 11 is 5.48. The summed E-state index contributed by atoms with van der Waals surface area (Å²) in [6.07, 6.45) is -4.61. The summed E-state index contributed by atoms with van der Waals surface area (Å²) in [5.74, 6) is -0.719. The average molecular weight is 296 g/mol. The van der Waals surface area contributed by atoms with E-state index in [4.69, 9.17) is 11.6 Å². The minimum atomic E-state index is -4.61. The number of carbonyl (C=O) groups excluding carboxylic acids is 1. The number of anilines is 1. The number of carbonyl (C=O) groups is 1. The van der Waals surface area contributed by atoms with Crippen LogP contribution in [0.1, 0.15) is 19.4 Å². The van der Waals surface area contributed by atoms with Crippen molar-refractivity contribution in [2.24, 2.45) is 0 Å². The van der Waals surface area contributed by atoms with E-state index in [0.717, 1.165) is 17.0 Å². The summed E-state index contributed by atoms with van der Waals surface area (Å²) in [5.41, 5.74) is -2.70. The van der Waals surface area contributed by atoms with Gasteiger partial charge in [-0.15, -0.1) is 0 Å². The van der Waals surface area contributed by atoms with Gasteiger partial charge in [0, 0.05) is 12.7 Å². The molecule has 1 aromatic rings. The lowest BCUT2D eigenvalue weighted by atomic mass is 10.1. The average Bonchev–Trinajstić information content (AvgIpc) is 2.25. The smallest absolute Gasteiger partial charge is 0.381 e. The van der Waals surface area contributed by atoms with E-state index in [1.54, 1.807) is 0 Å². The van der Waals surface area contributed by atoms with Gasteiger partial charge in [-0.1, -0.05) is 11.6 Å². The predicted octanol–water partition coefficient (Wildman–Crippen LogP) is 3.09. The van der Waals surface area contributed by atoms with Crippen LogP contribution in [0, 0.1) is 0 Å². The van der Waals surface area contributed by atoms with E-state index in [2.05, 4.69) is 0 Å². The van der Waals surface area contributed by atoms with Crippen LogP contribution in [-0.2, 0) is 11.0 Å². The lowest BCUT2D eigenvalue weighted by molar-refractivity contribution is -0.137. The van der Waals surface area contributed by atoms with Gasteiger partial charge >= 0.3 is 6.18 Å². The minimum Gasteiger partial charge on any atom is -0.381 e. The van der Waals surface area contributed by atoms with Crippen LogP contribution in [0.3, 0.4) is 0 Å². The molecule has 0 saturated heterocycles. The maximum Gasteiger partial charge on any atom is 0.417 e. The van der Waals surface area contributed by atoms with Crippen LogP contribution in [0.15, 0.2) is 18.2 Å². The second kappa shape index (κ2) is 5.02. The maximum absolute atomic E-state index is 12.7. The van der Waals surface area contributed by atoms with Gasteiger partial charge in [0.05, 0.1) is 10.6 Å². The molecule has 0 aliphatic heterocycles. The van der Waals surface area contributed by atoms with Crippen molar-refractivity contribution in [2.45, 2.75) is 25.6 Å². The first-order valence-corrected chi connectivity index (χ1v) is 5.69. The number of benzene rings is 1. The molecule has 0 atom stereocenters. The summed E-state index contributed by atoms with van der Waals surface area (Å²) in [6, 6.07) is 3.11. The maximum atomic E-state index is 12.7. The molecule has 19 heavy (non-hydrogen) atoms. The predicted molar refractivity (Wildman–Crippen MR) is 66.2 cm³/mol. The van der Waals surface area contributed by atoms with Gasteiger partial charge in [-0.25, -0.2) is 0 Å². The van der Waals surface area contributed by atoms with E-state index in [0.29, 0.717) is 0 Å². The molecule has 7 heteroatoms. The highest BCUT2D eigenvalue weighted by molar-refractivity contribution is 6.31. The van der Waals surface area contributed by atoms with Crippen molar-refractivity contribution in [2.75, 3.05) is 11.9 Å². The molecule has 0 radical (unpaired) electrons. The Labute approximate surface area is 113 Å². The first-order valence-electron chi connectivity index (χ1n) is 5.32. The topological polar surface area (TPSA) is 40.5 Å². The van der Waals surface area contributed by atoms with Gasteiger partial charge in [0.1, 0.15) is 5.60 Å². The molecule has 1 aromatic carbocycles. The molecule has 0 saturated carbocycles. The molecule has 0 bridgehead atoms. The largest absolute Gasteiger partial charge is 0.417 e. The van der Waals surface area contributed by atoms with Crippen LogP contribution < -0.4 is 4.90 Å². The van der Waals surface area contributed by atoms with E-state index in [9.17, 15) is 23.1 Å². The molecule has 0 aromatic heterocycles. The Balaban J connectivity index is 3.20. The van der Waals surface area contributed by atoms with E-state index >= 15 is 0 Å². The van der Waals surface area contributed by atoms with Gasteiger partial charge in [-0.2, -0.15) is 13.2 Å². The van der Waals surface area contributed by atoms with Crippen molar-refractivity contribution in [3.8, 4) is 0 Å². The normalized spacial score (nSPS) is 12.4. The number of hydrogen-bond acceptors (Lipinski definition) is 2. The Morgan fingerprint density at radius 3 is 2.26 bits per heavy atom. The molecule has 0 aliphatic carbocycles. The van der Waals surface area contributed by atoms with Gasteiger partial charge in [0.2, 0.25) is 0 Å². The van der Waals surface area contributed by atoms with Crippen LogP contribution in [0.25, 0.3) is 0 Å². The molecule has 0 aliphatic rings. The van der Waals surface area contributed by atoms with Gasteiger partial charge in [-0.05, 0) is 32.0 Å². The third-order valence-electron chi connectivity index (χ3n) is 2.47. The lowest BCUT2D eigenvalue weighted by Gasteiger charge is -2.25. The molecule has 0 spiro atoms. The zero-order valence-corrected chi connectivity index (χ0v) is 11.3. The van der Waals surface area contributed by atoms with Gasteiger partial charge in [0.25, 0.3) is 5.91 Å². The summed E-state index contributed by atoms with van der Waals surface area (Å²) < 4.78 is 38.1. The molecule has 0 heterocycles. The monoisotopic (exact) mass is 295 g/mol. The number of likely N-dealkylation sites (N-methyl/N-ethyl adjacent to an activating group) is 1. The van der Waals surface area contributed by atoms with E-state index in [1.165, 1.54) is 27.0 Å². The van der Waals surface area contributed by atoms with Crippen molar-refractivity contribution in [1.29, 1.82) is 0 Å². The molecule has 1 rings (SSSR count). The first kappa shape index (κ1) is 15.8. The quantitative estimate of drug-likeness (QED) is 0.911. The lowest BCUT2D eigenvalue weighted by Crippen LogP contribution is -2.43. The van der Waals surface area contributed by atoms with Crippen molar-refractivity contribution >= 4 is 23.2 Å². The van der Waals surface area contributed by atoms with Crippen molar-refractivity contribution < 1.29 is 23.1 Å². The standard InChI is InChI=1S/C12H13ClF3NO2/c1-11(2,19)10(18)17(3)7-4-5-9(13)8(6-7)12(14,15)16/h4-6,19H,1-3H3. The van der Waals surface area contributed by atoms with Crippen molar-refractivity contribution in [1.82, 2.24) is 0 Å². The summed E-state index contributed by atoms with van der Waals surface area (Å²) in [7, 11) is 1.28. The zero-order valence-electron chi connectivity index (χ0n) is 10.5. The fourth-order valence-corrected chi connectivity index (χ4v) is 1.69. The molecule has 0 fully saturated rings. The second-order valence-electron chi connectivity index (χ2n) is 4.59. The number of nitrogens with zero attached hydrogens (tertiary/aromatic N) is 1. The van der Waals surface area contributed by atoms with Gasteiger partial charge in [0.15, 0.2) is 0 Å². The summed E-state index contributed by atoms with van der Waals surface area (Å²) in [5, 5.41) is 9.12. The highest BCUT2D eigenvalue weighted by atomic mass is 35.5. The first-order chi connectivity index (χ1) is 8.44. The number of hydrogen-bond donors (Lipinski definition) is 1. The number of halogens is 4.